The number of thioether (sulfide) groups is 1. The maximum atomic E-state index is 14.1. The SMILES string of the molecule is CNCCNc1cc(C)c(OCC(=O)N[C@@H](Cc2ccccc2)[C@H](O)C(=O)N2CSC(C)(C)[C@H]2C(=O)N[C@H]2c3ccccc3C[C@H]2O)c(C)c1. The molecule has 1 aliphatic heterocycles. The Morgan fingerprint density at radius 3 is 2.40 bits per heavy atom. The van der Waals surface area contributed by atoms with Gasteiger partial charge in [-0.15, -0.1) is 11.8 Å². The van der Waals surface area contributed by atoms with Gasteiger partial charge in [0.2, 0.25) is 5.91 Å². The van der Waals surface area contributed by atoms with Crippen LogP contribution in [0.1, 0.15) is 47.7 Å². The van der Waals surface area contributed by atoms with Crippen molar-refractivity contribution in [2.45, 2.75) is 75.6 Å². The van der Waals surface area contributed by atoms with Gasteiger partial charge in [-0.2, -0.15) is 0 Å². The van der Waals surface area contributed by atoms with Crippen molar-refractivity contribution in [3.05, 3.63) is 94.5 Å². The van der Waals surface area contributed by atoms with Crippen LogP contribution in [0.15, 0.2) is 66.7 Å². The highest BCUT2D eigenvalue weighted by atomic mass is 32.2. The van der Waals surface area contributed by atoms with Crippen molar-refractivity contribution in [1.29, 1.82) is 0 Å². The van der Waals surface area contributed by atoms with Crippen LogP contribution in [-0.2, 0) is 27.2 Å². The molecule has 3 amide bonds. The van der Waals surface area contributed by atoms with E-state index in [1.165, 1.54) is 16.7 Å². The molecular weight excluding hydrogens is 655 g/mol. The van der Waals surface area contributed by atoms with E-state index in [0.717, 1.165) is 46.6 Å². The van der Waals surface area contributed by atoms with E-state index in [2.05, 4.69) is 21.3 Å². The molecule has 0 unspecified atom stereocenters. The fourth-order valence-corrected chi connectivity index (χ4v) is 7.98. The normalized spacial score (nSPS) is 20.5. The first kappa shape index (κ1) is 37.2. The molecule has 0 saturated carbocycles. The molecule has 5 rings (SSSR count). The third-order valence-corrected chi connectivity index (χ3v) is 10.7. The van der Waals surface area contributed by atoms with Gasteiger partial charge in [-0.1, -0.05) is 54.6 Å². The number of nitrogens with zero attached hydrogens (tertiary/aromatic N) is 1. The quantitative estimate of drug-likeness (QED) is 0.139. The van der Waals surface area contributed by atoms with Gasteiger partial charge in [-0.05, 0) is 81.1 Å². The highest BCUT2D eigenvalue weighted by Crippen LogP contribution is 2.41. The molecule has 11 nitrogen and oxygen atoms in total. The summed E-state index contributed by atoms with van der Waals surface area (Å²) in [5, 5.41) is 34.7. The summed E-state index contributed by atoms with van der Waals surface area (Å²) >= 11 is 1.43. The molecule has 6 N–H and O–H groups in total. The predicted octanol–water partition coefficient (Wildman–Crippen LogP) is 2.86. The van der Waals surface area contributed by atoms with Crippen LogP contribution in [0.2, 0.25) is 0 Å². The summed E-state index contributed by atoms with van der Waals surface area (Å²) in [5.74, 6) is -0.792. The van der Waals surface area contributed by atoms with Crippen molar-refractivity contribution in [1.82, 2.24) is 20.9 Å². The average molecular weight is 704 g/mol. The van der Waals surface area contributed by atoms with Crippen LogP contribution >= 0.6 is 11.8 Å². The maximum absolute atomic E-state index is 14.1. The van der Waals surface area contributed by atoms with Gasteiger partial charge in [0.1, 0.15) is 11.8 Å². The lowest BCUT2D eigenvalue weighted by Gasteiger charge is -2.34. The molecule has 0 bridgehead atoms. The topological polar surface area (TPSA) is 152 Å². The Hall–Kier alpha value is -4.10. The number of likely N-dealkylation sites (N-methyl/N-ethyl adjacent to an activating group) is 1. The summed E-state index contributed by atoms with van der Waals surface area (Å²) in [6.45, 7) is 8.86. The van der Waals surface area contributed by atoms with E-state index in [9.17, 15) is 24.6 Å². The molecule has 1 fully saturated rings. The number of carbonyl (C=O) groups is 3. The number of anilines is 1. The first-order valence-corrected chi connectivity index (χ1v) is 18.0. The van der Waals surface area contributed by atoms with Gasteiger partial charge in [0, 0.05) is 29.9 Å². The lowest BCUT2D eigenvalue weighted by molar-refractivity contribution is -0.148. The number of carbonyl (C=O) groups excluding carboxylic acids is 3. The van der Waals surface area contributed by atoms with E-state index in [0.29, 0.717) is 12.2 Å². The molecule has 1 aliphatic carbocycles. The molecule has 2 aliphatic rings. The zero-order valence-corrected chi connectivity index (χ0v) is 30.2. The number of aryl methyl sites for hydroxylation is 2. The Balaban J connectivity index is 1.29. The van der Waals surface area contributed by atoms with Crippen LogP contribution in [0.3, 0.4) is 0 Å². The van der Waals surface area contributed by atoms with E-state index in [4.69, 9.17) is 4.74 Å². The molecule has 1 heterocycles. The number of aliphatic hydroxyl groups excluding tert-OH is 2. The van der Waals surface area contributed by atoms with Crippen LogP contribution in [0.25, 0.3) is 0 Å². The summed E-state index contributed by atoms with van der Waals surface area (Å²) in [6, 6.07) is 18.3. The highest BCUT2D eigenvalue weighted by molar-refractivity contribution is 8.00. The summed E-state index contributed by atoms with van der Waals surface area (Å²) in [7, 11) is 1.89. The van der Waals surface area contributed by atoms with Crippen LogP contribution in [0, 0.1) is 13.8 Å². The molecule has 50 heavy (non-hydrogen) atoms. The van der Waals surface area contributed by atoms with Crippen molar-refractivity contribution in [2.24, 2.45) is 0 Å². The number of fused-ring (bicyclic) bond motifs is 1. The first-order valence-electron chi connectivity index (χ1n) is 17.0. The van der Waals surface area contributed by atoms with Gasteiger partial charge < -0.3 is 41.1 Å². The van der Waals surface area contributed by atoms with Gasteiger partial charge in [0.15, 0.2) is 12.7 Å². The second-order valence-corrected chi connectivity index (χ2v) is 15.2. The van der Waals surface area contributed by atoms with Crippen LogP contribution < -0.4 is 26.0 Å². The van der Waals surface area contributed by atoms with Gasteiger partial charge in [0.25, 0.3) is 11.8 Å². The van der Waals surface area contributed by atoms with Crippen molar-refractivity contribution in [2.75, 3.05) is 37.9 Å². The minimum atomic E-state index is -1.65. The summed E-state index contributed by atoms with van der Waals surface area (Å²) in [5.41, 5.74) is 5.33. The number of benzene rings is 3. The molecule has 1 saturated heterocycles. The molecule has 5 atom stereocenters. The Morgan fingerprint density at radius 2 is 1.70 bits per heavy atom. The van der Waals surface area contributed by atoms with Gasteiger partial charge in [-0.3, -0.25) is 14.4 Å². The molecule has 3 aromatic rings. The number of hydrogen-bond donors (Lipinski definition) is 6. The lowest BCUT2D eigenvalue weighted by Crippen LogP contribution is -2.59. The molecular formula is C38H49N5O6S. The van der Waals surface area contributed by atoms with E-state index in [1.807, 2.05) is 101 Å². The van der Waals surface area contributed by atoms with E-state index < -0.39 is 52.8 Å². The van der Waals surface area contributed by atoms with Crippen molar-refractivity contribution in [3.8, 4) is 5.75 Å². The predicted molar refractivity (Wildman–Crippen MR) is 196 cm³/mol. The van der Waals surface area contributed by atoms with Crippen molar-refractivity contribution in [3.63, 3.8) is 0 Å². The number of aliphatic hydroxyl groups is 2. The fraction of sp³-hybridized carbons (Fsp3) is 0.447. The Kier molecular flexibility index (Phi) is 12.1. The zero-order chi connectivity index (χ0) is 36.0. The Bertz CT molecular complexity index is 1650. The fourth-order valence-electron chi connectivity index (χ4n) is 6.84. The van der Waals surface area contributed by atoms with Crippen molar-refractivity contribution >= 4 is 35.2 Å². The third-order valence-electron chi connectivity index (χ3n) is 9.37. The number of amides is 3. The highest BCUT2D eigenvalue weighted by Gasteiger charge is 2.50. The second-order valence-electron chi connectivity index (χ2n) is 13.6. The molecule has 0 aromatic heterocycles. The Morgan fingerprint density at radius 1 is 1.02 bits per heavy atom. The van der Waals surface area contributed by atoms with E-state index >= 15 is 0 Å². The zero-order valence-electron chi connectivity index (χ0n) is 29.4. The Labute approximate surface area is 298 Å². The van der Waals surface area contributed by atoms with Gasteiger partial charge >= 0.3 is 0 Å². The first-order chi connectivity index (χ1) is 23.9. The molecule has 268 valence electrons. The number of hydrogen-bond acceptors (Lipinski definition) is 9. The number of ether oxygens (including phenoxy) is 1. The summed E-state index contributed by atoms with van der Waals surface area (Å²) in [6.07, 6.45) is -1.83. The van der Waals surface area contributed by atoms with Crippen LogP contribution in [-0.4, -0.2) is 94.5 Å². The smallest absolute Gasteiger partial charge is 0.258 e. The average Bonchev–Trinajstić information content (AvgIpc) is 3.58. The van der Waals surface area contributed by atoms with E-state index in [1.54, 1.807) is 0 Å². The molecule has 3 aromatic carbocycles. The molecule has 0 spiro atoms. The largest absolute Gasteiger partial charge is 0.483 e. The van der Waals surface area contributed by atoms with Crippen molar-refractivity contribution < 1.29 is 29.3 Å². The number of nitrogens with one attached hydrogen (secondary N) is 4. The maximum Gasteiger partial charge on any atom is 0.258 e. The molecule has 0 radical (unpaired) electrons. The van der Waals surface area contributed by atoms with Gasteiger partial charge in [0.05, 0.1) is 24.1 Å². The minimum absolute atomic E-state index is 0.177. The molecule has 12 heteroatoms. The summed E-state index contributed by atoms with van der Waals surface area (Å²) in [4.78, 5) is 42.7. The standard InChI is InChI=1S/C38H49N5O6S/c1-23-17-27(40-16-15-39-5)18-24(2)34(23)49-21-31(45)41-29(19-25-11-7-6-8-12-25)33(46)37(48)43-22-50-38(3,4)35(43)36(47)42-32-28-14-10-9-13-26(28)20-30(32)44/h6-14,17-18,29-30,32-33,35,39-40,44,46H,15-16,19-22H2,1-5H3,(H,41,45)(H,42,47)/t29-,30+,32-,33-,35+/m0/s1. The van der Waals surface area contributed by atoms with Crippen LogP contribution in [0.4, 0.5) is 5.69 Å². The van der Waals surface area contributed by atoms with E-state index in [-0.39, 0.29) is 18.9 Å². The summed E-state index contributed by atoms with van der Waals surface area (Å²) < 4.78 is 5.29. The minimum Gasteiger partial charge on any atom is -0.483 e. The third kappa shape index (κ3) is 8.60. The van der Waals surface area contributed by atoms with Gasteiger partial charge in [-0.25, -0.2) is 0 Å². The lowest BCUT2D eigenvalue weighted by atomic mass is 9.96. The second kappa shape index (κ2) is 16.3. The number of rotatable bonds is 14. The van der Waals surface area contributed by atoms with Crippen LogP contribution in [0.5, 0.6) is 5.75 Å². The monoisotopic (exact) mass is 703 g/mol.